The van der Waals surface area contributed by atoms with Crippen molar-refractivity contribution >= 4 is 0 Å². The van der Waals surface area contributed by atoms with Crippen LogP contribution in [0.3, 0.4) is 0 Å². The molecule has 0 aromatic rings. The van der Waals surface area contributed by atoms with Crippen LogP contribution in [0.4, 0.5) is 0 Å². The lowest BCUT2D eigenvalue weighted by molar-refractivity contribution is 0.532. The summed E-state index contributed by atoms with van der Waals surface area (Å²) >= 11 is 0. The van der Waals surface area contributed by atoms with E-state index in [0.717, 1.165) is 25.9 Å². The highest BCUT2D eigenvalue weighted by Crippen LogP contribution is 1.95. The lowest BCUT2D eigenvalue weighted by atomic mass is 10.1. The average Bonchev–Trinajstić information content (AvgIpc) is 2.13. The van der Waals surface area contributed by atoms with Gasteiger partial charge >= 0.3 is 0 Å². The summed E-state index contributed by atoms with van der Waals surface area (Å²) in [6.45, 7) is 5.99. The lowest BCUT2D eigenvalue weighted by Gasteiger charge is -2.13. The van der Waals surface area contributed by atoms with E-state index in [-0.39, 0.29) is 5.54 Å². The van der Waals surface area contributed by atoms with Crippen LogP contribution in [0, 0.1) is 0 Å². The smallest absolute Gasteiger partial charge is 0.0221 e. The molecule has 4 nitrogen and oxygen atoms in total. The number of unbranched alkanes of at least 4 members (excludes halogenated alkanes) is 3. The molecule has 0 amide bonds. The van der Waals surface area contributed by atoms with Crippen molar-refractivity contribution in [2.75, 3.05) is 19.6 Å². The third-order valence-electron chi connectivity index (χ3n) is 1.68. The minimum atomic E-state index is -0.181. The van der Waals surface area contributed by atoms with Gasteiger partial charge in [0, 0.05) is 12.1 Å². The largest absolute Gasteiger partial charge is 0.330 e. The highest BCUT2D eigenvalue weighted by molar-refractivity contribution is 4.70. The van der Waals surface area contributed by atoms with E-state index < -0.39 is 0 Å². The van der Waals surface area contributed by atoms with Gasteiger partial charge in [-0.1, -0.05) is 12.8 Å². The summed E-state index contributed by atoms with van der Waals surface area (Å²) in [5, 5.41) is 0. The maximum atomic E-state index is 5.41. The van der Waals surface area contributed by atoms with Crippen molar-refractivity contribution in [3.63, 3.8) is 0 Å². The molecule has 0 aliphatic carbocycles. The topological polar surface area (TPSA) is 104 Å². The van der Waals surface area contributed by atoms with Crippen LogP contribution in [0.2, 0.25) is 0 Å². The van der Waals surface area contributed by atoms with Crippen molar-refractivity contribution in [1.82, 2.24) is 0 Å². The van der Waals surface area contributed by atoms with E-state index >= 15 is 0 Å². The number of nitrogens with two attached hydrogens (primary N) is 4. The third kappa shape index (κ3) is 22.6. The predicted molar refractivity (Wildman–Crippen MR) is 63.9 cm³/mol. The van der Waals surface area contributed by atoms with E-state index in [9.17, 15) is 0 Å². The molecule has 4 heteroatoms. The molecule has 0 spiro atoms. The zero-order valence-corrected chi connectivity index (χ0v) is 9.76. The second-order valence-electron chi connectivity index (χ2n) is 4.18. The van der Waals surface area contributed by atoms with E-state index in [1.165, 1.54) is 12.8 Å². The number of rotatable bonds is 6. The minimum absolute atomic E-state index is 0.181. The molecule has 0 radical (unpaired) electrons. The van der Waals surface area contributed by atoms with Crippen LogP contribution in [-0.2, 0) is 0 Å². The molecular formula is C10H28N4. The van der Waals surface area contributed by atoms with Crippen molar-refractivity contribution in [3.05, 3.63) is 0 Å². The Kier molecular flexibility index (Phi) is 12.7. The fourth-order valence-corrected chi connectivity index (χ4v) is 0.642. The Morgan fingerprint density at radius 2 is 1.07 bits per heavy atom. The molecule has 0 saturated heterocycles. The van der Waals surface area contributed by atoms with Gasteiger partial charge in [-0.25, -0.2) is 0 Å². The average molecular weight is 204 g/mol. The van der Waals surface area contributed by atoms with Gasteiger partial charge in [-0.3, -0.25) is 0 Å². The Bertz CT molecular complexity index is 92.8. The standard InChI is InChI=1S/C6H16N2.C4H12N2/c7-5-3-1-2-4-6-8;1-4(2,6)3-5/h1-8H2;3,5-6H2,1-2H3. The van der Waals surface area contributed by atoms with E-state index in [0.29, 0.717) is 6.54 Å². The van der Waals surface area contributed by atoms with Crippen molar-refractivity contribution < 1.29 is 0 Å². The summed E-state index contributed by atoms with van der Waals surface area (Å²) < 4.78 is 0. The van der Waals surface area contributed by atoms with Gasteiger partial charge in [-0.15, -0.1) is 0 Å². The summed E-state index contributed by atoms with van der Waals surface area (Å²) in [7, 11) is 0. The van der Waals surface area contributed by atoms with Crippen LogP contribution in [0.25, 0.3) is 0 Å². The molecule has 0 atom stereocenters. The molecule has 0 heterocycles. The molecule has 0 rings (SSSR count). The molecule has 0 saturated carbocycles. The zero-order chi connectivity index (χ0) is 11.4. The number of hydrogen-bond acceptors (Lipinski definition) is 4. The molecule has 8 N–H and O–H groups in total. The van der Waals surface area contributed by atoms with Crippen LogP contribution >= 0.6 is 0 Å². The van der Waals surface area contributed by atoms with Crippen LogP contribution in [0.5, 0.6) is 0 Å². The number of hydrogen-bond donors (Lipinski definition) is 4. The van der Waals surface area contributed by atoms with Gasteiger partial charge in [0.15, 0.2) is 0 Å². The van der Waals surface area contributed by atoms with Gasteiger partial charge in [0.25, 0.3) is 0 Å². The molecule has 88 valence electrons. The summed E-state index contributed by atoms with van der Waals surface area (Å²) in [5.74, 6) is 0. The summed E-state index contributed by atoms with van der Waals surface area (Å²) in [6.07, 6.45) is 4.79. The Morgan fingerprint density at radius 3 is 1.21 bits per heavy atom. The lowest BCUT2D eigenvalue weighted by Crippen LogP contribution is -2.40. The molecule has 0 bridgehead atoms. The molecule has 14 heavy (non-hydrogen) atoms. The molecule has 0 aliphatic rings. The van der Waals surface area contributed by atoms with Crippen LogP contribution < -0.4 is 22.9 Å². The first-order chi connectivity index (χ1) is 6.47. The van der Waals surface area contributed by atoms with Gasteiger partial charge in [-0.2, -0.15) is 0 Å². The Hall–Kier alpha value is -0.160. The Balaban J connectivity index is 0. The third-order valence-corrected chi connectivity index (χ3v) is 1.68. The van der Waals surface area contributed by atoms with Crippen LogP contribution in [-0.4, -0.2) is 25.2 Å². The van der Waals surface area contributed by atoms with Crippen LogP contribution in [0.1, 0.15) is 39.5 Å². The van der Waals surface area contributed by atoms with E-state index in [1.54, 1.807) is 0 Å². The first kappa shape index (κ1) is 16.3. The van der Waals surface area contributed by atoms with Crippen LogP contribution in [0.15, 0.2) is 0 Å². The van der Waals surface area contributed by atoms with E-state index in [4.69, 9.17) is 22.9 Å². The van der Waals surface area contributed by atoms with Crippen molar-refractivity contribution in [2.45, 2.75) is 45.1 Å². The van der Waals surface area contributed by atoms with Gasteiger partial charge < -0.3 is 22.9 Å². The maximum Gasteiger partial charge on any atom is 0.0221 e. The Morgan fingerprint density at radius 1 is 0.786 bits per heavy atom. The summed E-state index contributed by atoms with van der Waals surface area (Å²) in [4.78, 5) is 0. The van der Waals surface area contributed by atoms with Gasteiger partial charge in [0.2, 0.25) is 0 Å². The minimum Gasteiger partial charge on any atom is -0.330 e. The quantitative estimate of drug-likeness (QED) is 0.462. The second kappa shape index (κ2) is 10.9. The summed E-state index contributed by atoms with van der Waals surface area (Å²) in [6, 6.07) is 0. The molecule has 0 unspecified atom stereocenters. The van der Waals surface area contributed by atoms with Gasteiger partial charge in [0.05, 0.1) is 0 Å². The molecule has 0 aromatic heterocycles. The molecule has 0 aromatic carbocycles. The SMILES string of the molecule is CC(C)(N)CN.NCCCCCCN. The van der Waals surface area contributed by atoms with Gasteiger partial charge in [-0.05, 0) is 39.8 Å². The van der Waals surface area contributed by atoms with Gasteiger partial charge in [0.1, 0.15) is 0 Å². The first-order valence-corrected chi connectivity index (χ1v) is 5.37. The fraction of sp³-hybridized carbons (Fsp3) is 1.00. The van der Waals surface area contributed by atoms with Crippen molar-refractivity contribution in [1.29, 1.82) is 0 Å². The van der Waals surface area contributed by atoms with Crippen molar-refractivity contribution in [3.8, 4) is 0 Å². The highest BCUT2D eigenvalue weighted by atomic mass is 14.8. The molecule has 0 aliphatic heterocycles. The molecule has 0 fully saturated rings. The Labute approximate surface area is 88.4 Å². The maximum absolute atomic E-state index is 5.41. The monoisotopic (exact) mass is 204 g/mol. The van der Waals surface area contributed by atoms with E-state index in [1.807, 2.05) is 13.8 Å². The normalized spacial score (nSPS) is 10.7. The highest BCUT2D eigenvalue weighted by Gasteiger charge is 2.04. The first-order valence-electron chi connectivity index (χ1n) is 5.37. The zero-order valence-electron chi connectivity index (χ0n) is 9.76. The predicted octanol–water partition coefficient (Wildman–Crippen LogP) is 0.147. The summed E-state index contributed by atoms with van der Waals surface area (Å²) in [5.41, 5.74) is 21.0. The van der Waals surface area contributed by atoms with E-state index in [2.05, 4.69) is 0 Å². The second-order valence-corrected chi connectivity index (χ2v) is 4.18. The fourth-order valence-electron chi connectivity index (χ4n) is 0.642. The van der Waals surface area contributed by atoms with Crippen molar-refractivity contribution in [2.24, 2.45) is 22.9 Å². The molecular weight excluding hydrogens is 176 g/mol.